The highest BCUT2D eigenvalue weighted by Gasteiger charge is 1.95. The average Bonchev–Trinajstić information content (AvgIpc) is 2.14. The van der Waals surface area contributed by atoms with Crippen LogP contribution in [-0.2, 0) is 11.3 Å². The lowest BCUT2D eigenvalue weighted by Gasteiger charge is -2.01. The second-order valence-corrected chi connectivity index (χ2v) is 2.81. The van der Waals surface area contributed by atoms with Gasteiger partial charge >= 0.3 is 5.97 Å². The Bertz CT molecular complexity index is 264. The maximum atomic E-state index is 10.2. The van der Waals surface area contributed by atoms with E-state index < -0.39 is 5.97 Å². The summed E-state index contributed by atoms with van der Waals surface area (Å²) >= 11 is 0. The predicted octanol–water partition coefficient (Wildman–Crippen LogP) is 1.67. The molecular formula is C10H14ClNO2. The van der Waals surface area contributed by atoms with E-state index in [9.17, 15) is 4.79 Å². The number of carbonyl (C=O) groups is 1. The molecular weight excluding hydrogens is 202 g/mol. The van der Waals surface area contributed by atoms with Crippen LogP contribution in [0, 0.1) is 0 Å². The number of aliphatic carboxylic acids is 1. The van der Waals surface area contributed by atoms with Gasteiger partial charge in [-0.05, 0) is 5.56 Å². The number of halogens is 1. The fourth-order valence-corrected chi connectivity index (χ4v) is 1.02. The van der Waals surface area contributed by atoms with Gasteiger partial charge in [-0.1, -0.05) is 30.3 Å². The summed E-state index contributed by atoms with van der Waals surface area (Å²) in [4.78, 5) is 10.2. The van der Waals surface area contributed by atoms with Crippen LogP contribution >= 0.6 is 12.4 Å². The first kappa shape index (κ1) is 12.9. The highest BCUT2D eigenvalue weighted by Crippen LogP contribution is 1.96. The third kappa shape index (κ3) is 5.56. The molecule has 1 aromatic carbocycles. The van der Waals surface area contributed by atoms with E-state index in [-0.39, 0.29) is 18.8 Å². The summed E-state index contributed by atoms with van der Waals surface area (Å²) in [6.45, 7) is 1.25. The fraction of sp³-hybridized carbons (Fsp3) is 0.300. The molecule has 0 atom stereocenters. The van der Waals surface area contributed by atoms with Crippen molar-refractivity contribution < 1.29 is 9.90 Å². The highest BCUT2D eigenvalue weighted by atomic mass is 35.5. The number of hydrogen-bond acceptors (Lipinski definition) is 2. The molecule has 0 aliphatic heterocycles. The molecule has 0 saturated heterocycles. The van der Waals surface area contributed by atoms with Gasteiger partial charge in [-0.15, -0.1) is 12.4 Å². The molecule has 78 valence electrons. The van der Waals surface area contributed by atoms with Crippen LogP contribution in [0.5, 0.6) is 0 Å². The van der Waals surface area contributed by atoms with Gasteiger partial charge in [-0.25, -0.2) is 0 Å². The van der Waals surface area contributed by atoms with Gasteiger partial charge in [0.05, 0.1) is 6.42 Å². The van der Waals surface area contributed by atoms with Crippen LogP contribution in [0.15, 0.2) is 30.3 Å². The molecule has 0 spiro atoms. The summed E-state index contributed by atoms with van der Waals surface area (Å²) < 4.78 is 0. The van der Waals surface area contributed by atoms with Crippen LogP contribution < -0.4 is 5.32 Å². The quantitative estimate of drug-likeness (QED) is 0.735. The van der Waals surface area contributed by atoms with E-state index in [1.165, 1.54) is 5.56 Å². The number of carboxylic acid groups (broad SMARTS) is 1. The average molecular weight is 216 g/mol. The van der Waals surface area contributed by atoms with Gasteiger partial charge < -0.3 is 10.4 Å². The van der Waals surface area contributed by atoms with E-state index in [0.717, 1.165) is 6.54 Å². The van der Waals surface area contributed by atoms with Crippen molar-refractivity contribution in [2.45, 2.75) is 13.0 Å². The Hall–Kier alpha value is -1.06. The lowest BCUT2D eigenvalue weighted by Crippen LogP contribution is -2.17. The van der Waals surface area contributed by atoms with Crippen molar-refractivity contribution in [3.05, 3.63) is 35.9 Å². The molecule has 0 fully saturated rings. The summed E-state index contributed by atoms with van der Waals surface area (Å²) in [6, 6.07) is 9.91. The molecule has 0 unspecified atom stereocenters. The monoisotopic (exact) mass is 215 g/mol. The zero-order valence-corrected chi connectivity index (χ0v) is 8.59. The van der Waals surface area contributed by atoms with E-state index in [2.05, 4.69) is 5.32 Å². The predicted molar refractivity (Wildman–Crippen MR) is 57.6 cm³/mol. The highest BCUT2D eigenvalue weighted by molar-refractivity contribution is 5.85. The summed E-state index contributed by atoms with van der Waals surface area (Å²) in [5.41, 5.74) is 1.17. The van der Waals surface area contributed by atoms with Gasteiger partial charge in [-0.2, -0.15) is 0 Å². The van der Waals surface area contributed by atoms with Crippen LogP contribution in [0.2, 0.25) is 0 Å². The molecule has 0 radical (unpaired) electrons. The zero-order valence-electron chi connectivity index (χ0n) is 7.77. The molecule has 1 rings (SSSR count). The van der Waals surface area contributed by atoms with Crippen LogP contribution in [0.25, 0.3) is 0 Å². The molecule has 0 aliphatic carbocycles. The molecule has 4 heteroatoms. The second-order valence-electron chi connectivity index (χ2n) is 2.81. The van der Waals surface area contributed by atoms with Crippen molar-refractivity contribution in [3.63, 3.8) is 0 Å². The summed E-state index contributed by atoms with van der Waals surface area (Å²) in [6.07, 6.45) is 0.173. The zero-order chi connectivity index (χ0) is 9.52. The second kappa shape index (κ2) is 7.35. The Kier molecular flexibility index (Phi) is 6.80. The SMILES string of the molecule is Cl.O=C(O)CCNCc1ccccc1. The molecule has 0 aromatic heterocycles. The van der Waals surface area contributed by atoms with Crippen LogP contribution in [0.4, 0.5) is 0 Å². The van der Waals surface area contributed by atoms with Gasteiger partial charge in [0.1, 0.15) is 0 Å². The largest absolute Gasteiger partial charge is 0.481 e. The minimum absolute atomic E-state index is 0. The summed E-state index contributed by atoms with van der Waals surface area (Å²) in [7, 11) is 0. The normalized spacial score (nSPS) is 9.14. The Labute approximate surface area is 89.5 Å². The number of hydrogen-bond donors (Lipinski definition) is 2. The van der Waals surface area contributed by atoms with Gasteiger partial charge in [0.25, 0.3) is 0 Å². The van der Waals surface area contributed by atoms with Crippen molar-refractivity contribution in [2.75, 3.05) is 6.54 Å². The molecule has 14 heavy (non-hydrogen) atoms. The van der Waals surface area contributed by atoms with E-state index in [1.54, 1.807) is 0 Å². The molecule has 0 aliphatic rings. The topological polar surface area (TPSA) is 49.3 Å². The van der Waals surface area contributed by atoms with Gasteiger partial charge in [0.15, 0.2) is 0 Å². The lowest BCUT2D eigenvalue weighted by atomic mass is 10.2. The first-order valence-corrected chi connectivity index (χ1v) is 4.25. The van der Waals surface area contributed by atoms with E-state index in [1.807, 2.05) is 30.3 Å². The van der Waals surface area contributed by atoms with E-state index in [4.69, 9.17) is 5.11 Å². The maximum Gasteiger partial charge on any atom is 0.304 e. The minimum Gasteiger partial charge on any atom is -0.481 e. The van der Waals surface area contributed by atoms with Crippen molar-refractivity contribution in [2.24, 2.45) is 0 Å². The molecule has 0 saturated carbocycles. The number of nitrogens with one attached hydrogen (secondary N) is 1. The minimum atomic E-state index is -0.763. The maximum absolute atomic E-state index is 10.2. The van der Waals surface area contributed by atoms with Crippen molar-refractivity contribution in [1.29, 1.82) is 0 Å². The molecule has 3 nitrogen and oxygen atoms in total. The third-order valence-corrected chi connectivity index (χ3v) is 1.69. The van der Waals surface area contributed by atoms with Crippen molar-refractivity contribution >= 4 is 18.4 Å². The molecule has 2 N–H and O–H groups in total. The molecule has 0 heterocycles. The van der Waals surface area contributed by atoms with Gasteiger partial charge in [0.2, 0.25) is 0 Å². The standard InChI is InChI=1S/C10H13NO2.ClH/c12-10(13)6-7-11-8-9-4-2-1-3-5-9;/h1-5,11H,6-8H2,(H,12,13);1H. The number of carboxylic acids is 1. The Morgan fingerprint density at radius 2 is 1.93 bits per heavy atom. The van der Waals surface area contributed by atoms with Crippen LogP contribution in [-0.4, -0.2) is 17.6 Å². The number of rotatable bonds is 5. The first-order valence-electron chi connectivity index (χ1n) is 4.25. The lowest BCUT2D eigenvalue weighted by molar-refractivity contribution is -0.136. The van der Waals surface area contributed by atoms with E-state index >= 15 is 0 Å². The summed E-state index contributed by atoms with van der Waals surface area (Å²) in [5.74, 6) is -0.763. The van der Waals surface area contributed by atoms with Crippen LogP contribution in [0.3, 0.4) is 0 Å². The summed E-state index contributed by atoms with van der Waals surface area (Å²) in [5, 5.41) is 11.4. The molecule has 1 aromatic rings. The third-order valence-electron chi connectivity index (χ3n) is 1.69. The number of benzene rings is 1. The Balaban J connectivity index is 0.00000169. The van der Waals surface area contributed by atoms with Crippen molar-refractivity contribution in [1.82, 2.24) is 5.32 Å². The molecule has 0 amide bonds. The Morgan fingerprint density at radius 1 is 1.29 bits per heavy atom. The Morgan fingerprint density at radius 3 is 2.50 bits per heavy atom. The van der Waals surface area contributed by atoms with E-state index in [0.29, 0.717) is 6.54 Å². The fourth-order valence-electron chi connectivity index (χ4n) is 1.02. The van der Waals surface area contributed by atoms with Gasteiger partial charge in [-0.3, -0.25) is 4.79 Å². The van der Waals surface area contributed by atoms with Crippen molar-refractivity contribution in [3.8, 4) is 0 Å². The van der Waals surface area contributed by atoms with Gasteiger partial charge in [0, 0.05) is 13.1 Å². The first-order chi connectivity index (χ1) is 6.29. The van der Waals surface area contributed by atoms with Crippen LogP contribution in [0.1, 0.15) is 12.0 Å². The molecule has 0 bridgehead atoms. The smallest absolute Gasteiger partial charge is 0.304 e.